The summed E-state index contributed by atoms with van der Waals surface area (Å²) in [5, 5.41) is 10.0. The van der Waals surface area contributed by atoms with Crippen molar-refractivity contribution in [1.29, 1.82) is 0 Å². The highest BCUT2D eigenvalue weighted by Crippen LogP contribution is 2.29. The van der Waals surface area contributed by atoms with E-state index in [4.69, 9.17) is 4.42 Å². The molecular formula is C15H15NO4. The van der Waals surface area contributed by atoms with Crippen LogP contribution in [0.15, 0.2) is 28.7 Å². The average molecular weight is 273 g/mol. The lowest BCUT2D eigenvalue weighted by Crippen LogP contribution is -2.25. The number of carbonyl (C=O) groups is 2. The number of carbonyl (C=O) groups excluding carboxylic acids is 1. The Morgan fingerprint density at radius 3 is 2.85 bits per heavy atom. The highest BCUT2D eigenvalue weighted by Gasteiger charge is 2.29. The van der Waals surface area contributed by atoms with E-state index in [0.29, 0.717) is 36.6 Å². The van der Waals surface area contributed by atoms with E-state index < -0.39 is 5.97 Å². The maximum atomic E-state index is 11.9. The van der Waals surface area contributed by atoms with Crippen molar-refractivity contribution in [3.05, 3.63) is 35.6 Å². The third kappa shape index (κ3) is 2.05. The molecule has 1 aliphatic rings. The quantitative estimate of drug-likeness (QED) is 0.932. The second-order valence-corrected chi connectivity index (χ2v) is 5.29. The third-order valence-electron chi connectivity index (χ3n) is 3.65. The van der Waals surface area contributed by atoms with Gasteiger partial charge in [-0.15, -0.1) is 0 Å². The molecule has 1 aromatic heterocycles. The Labute approximate surface area is 115 Å². The molecule has 1 amide bonds. The van der Waals surface area contributed by atoms with E-state index >= 15 is 0 Å². The van der Waals surface area contributed by atoms with E-state index in [1.54, 1.807) is 17.0 Å². The number of benzene rings is 1. The molecule has 0 aliphatic carbocycles. The van der Waals surface area contributed by atoms with Crippen molar-refractivity contribution in [3.8, 4) is 0 Å². The normalized spacial score (nSPS) is 18.9. The van der Waals surface area contributed by atoms with Crippen molar-refractivity contribution in [2.75, 3.05) is 6.54 Å². The number of aromatic carboxylic acids is 1. The summed E-state index contributed by atoms with van der Waals surface area (Å²) in [6.45, 7) is 2.97. The van der Waals surface area contributed by atoms with Crippen LogP contribution in [-0.2, 0) is 11.3 Å². The summed E-state index contributed by atoms with van der Waals surface area (Å²) in [5.41, 5.74) is 1.12. The van der Waals surface area contributed by atoms with Gasteiger partial charge in [-0.05, 0) is 12.0 Å². The molecule has 0 saturated carbocycles. The molecule has 2 heterocycles. The van der Waals surface area contributed by atoms with Crippen molar-refractivity contribution in [2.24, 2.45) is 5.92 Å². The first-order chi connectivity index (χ1) is 9.56. The Morgan fingerprint density at radius 1 is 1.45 bits per heavy atom. The number of furan rings is 1. The maximum absolute atomic E-state index is 11.9. The van der Waals surface area contributed by atoms with Crippen LogP contribution in [0.3, 0.4) is 0 Å². The van der Waals surface area contributed by atoms with E-state index in [1.807, 2.05) is 19.1 Å². The summed E-state index contributed by atoms with van der Waals surface area (Å²) in [6.07, 6.45) is 0.526. The lowest BCUT2D eigenvalue weighted by atomic mass is 10.1. The maximum Gasteiger partial charge on any atom is 0.372 e. The highest BCUT2D eigenvalue weighted by atomic mass is 16.4. The van der Waals surface area contributed by atoms with Crippen molar-refractivity contribution in [2.45, 2.75) is 19.9 Å². The average Bonchev–Trinajstić information content (AvgIpc) is 2.91. The van der Waals surface area contributed by atoms with Crippen molar-refractivity contribution in [3.63, 3.8) is 0 Å². The lowest BCUT2D eigenvalue weighted by Gasteiger charge is -2.15. The summed E-state index contributed by atoms with van der Waals surface area (Å²) < 4.78 is 5.40. The fourth-order valence-corrected chi connectivity index (χ4v) is 2.74. The molecule has 0 spiro atoms. The molecule has 5 heteroatoms. The summed E-state index contributed by atoms with van der Waals surface area (Å²) in [4.78, 5) is 24.9. The Bertz CT molecular complexity index is 688. The molecule has 0 bridgehead atoms. The van der Waals surface area contributed by atoms with E-state index in [-0.39, 0.29) is 11.7 Å². The molecule has 1 aliphatic heterocycles. The van der Waals surface area contributed by atoms with Crippen LogP contribution in [0.4, 0.5) is 0 Å². The van der Waals surface area contributed by atoms with Gasteiger partial charge in [0.2, 0.25) is 11.7 Å². The van der Waals surface area contributed by atoms with E-state index in [9.17, 15) is 14.7 Å². The zero-order valence-electron chi connectivity index (χ0n) is 11.1. The molecule has 1 N–H and O–H groups in total. The van der Waals surface area contributed by atoms with Gasteiger partial charge >= 0.3 is 5.97 Å². The number of carboxylic acid groups (broad SMARTS) is 1. The Hall–Kier alpha value is -2.30. The molecule has 5 nitrogen and oxygen atoms in total. The van der Waals surface area contributed by atoms with Crippen molar-refractivity contribution < 1.29 is 19.1 Å². The number of rotatable bonds is 3. The fraction of sp³-hybridized carbons (Fsp3) is 0.333. The zero-order chi connectivity index (χ0) is 14.3. The topological polar surface area (TPSA) is 70.8 Å². The standard InChI is InChI=1S/C15H15NO4/c1-9-6-13(17)16(7-9)8-11-10-4-2-3-5-12(10)20-14(11)15(18)19/h2-5,9H,6-8H2,1H3,(H,18,19). The highest BCUT2D eigenvalue weighted by molar-refractivity contribution is 5.95. The van der Waals surface area contributed by atoms with Crippen LogP contribution >= 0.6 is 0 Å². The van der Waals surface area contributed by atoms with Crippen LogP contribution in [0.1, 0.15) is 29.5 Å². The minimum absolute atomic E-state index is 0.0686. The van der Waals surface area contributed by atoms with Crippen LogP contribution in [0.2, 0.25) is 0 Å². The molecule has 1 fully saturated rings. The number of fused-ring (bicyclic) bond motifs is 1. The molecule has 2 aromatic rings. The monoisotopic (exact) mass is 273 g/mol. The second kappa shape index (κ2) is 4.67. The number of nitrogens with zero attached hydrogens (tertiary/aromatic N) is 1. The van der Waals surface area contributed by atoms with Gasteiger partial charge in [0.05, 0.1) is 6.54 Å². The molecule has 104 valence electrons. The van der Waals surface area contributed by atoms with Gasteiger partial charge in [-0.3, -0.25) is 4.79 Å². The van der Waals surface area contributed by atoms with E-state index in [0.717, 1.165) is 5.39 Å². The van der Waals surface area contributed by atoms with Crippen LogP contribution in [-0.4, -0.2) is 28.4 Å². The summed E-state index contributed by atoms with van der Waals surface area (Å²) in [5.74, 6) is -0.789. The number of para-hydroxylation sites is 1. The van der Waals surface area contributed by atoms with Gasteiger partial charge in [0.25, 0.3) is 0 Å². The molecule has 20 heavy (non-hydrogen) atoms. The van der Waals surface area contributed by atoms with Gasteiger partial charge < -0.3 is 14.4 Å². The largest absolute Gasteiger partial charge is 0.475 e. The predicted molar refractivity (Wildman–Crippen MR) is 72.4 cm³/mol. The molecule has 1 atom stereocenters. The number of amides is 1. The number of carboxylic acids is 1. The number of likely N-dealkylation sites (tertiary alicyclic amines) is 1. The fourth-order valence-electron chi connectivity index (χ4n) is 2.74. The summed E-state index contributed by atoms with van der Waals surface area (Å²) in [7, 11) is 0. The number of hydrogen-bond acceptors (Lipinski definition) is 3. The Morgan fingerprint density at radius 2 is 2.20 bits per heavy atom. The van der Waals surface area contributed by atoms with Gasteiger partial charge in [-0.2, -0.15) is 0 Å². The first-order valence-corrected chi connectivity index (χ1v) is 6.57. The SMILES string of the molecule is CC1CC(=O)N(Cc2c(C(=O)O)oc3ccccc23)C1. The van der Waals surface area contributed by atoms with E-state index in [1.165, 1.54) is 0 Å². The Kier molecular flexibility index (Phi) is 2.97. The summed E-state index contributed by atoms with van der Waals surface area (Å²) in [6, 6.07) is 7.19. The molecule has 1 saturated heterocycles. The number of hydrogen-bond donors (Lipinski definition) is 1. The molecule has 1 unspecified atom stereocenters. The molecule has 1 aromatic carbocycles. The van der Waals surface area contributed by atoms with E-state index in [2.05, 4.69) is 0 Å². The van der Waals surface area contributed by atoms with Gasteiger partial charge in [-0.1, -0.05) is 25.1 Å². The van der Waals surface area contributed by atoms with Gasteiger partial charge in [-0.25, -0.2) is 4.79 Å². The minimum Gasteiger partial charge on any atom is -0.475 e. The summed E-state index contributed by atoms with van der Waals surface area (Å²) >= 11 is 0. The lowest BCUT2D eigenvalue weighted by molar-refractivity contribution is -0.128. The molecular weight excluding hydrogens is 258 g/mol. The first-order valence-electron chi connectivity index (χ1n) is 6.57. The van der Waals surface area contributed by atoms with Crippen molar-refractivity contribution >= 4 is 22.8 Å². The Balaban J connectivity index is 2.03. The van der Waals surface area contributed by atoms with Crippen molar-refractivity contribution in [1.82, 2.24) is 4.90 Å². The smallest absolute Gasteiger partial charge is 0.372 e. The molecule has 3 rings (SSSR count). The van der Waals surface area contributed by atoms with Gasteiger partial charge in [0.15, 0.2) is 0 Å². The first kappa shape index (κ1) is 12.7. The van der Waals surface area contributed by atoms with Gasteiger partial charge in [0.1, 0.15) is 5.58 Å². The van der Waals surface area contributed by atoms with Crippen LogP contribution in [0.5, 0.6) is 0 Å². The van der Waals surface area contributed by atoms with Gasteiger partial charge in [0, 0.05) is 23.9 Å². The van der Waals surface area contributed by atoms with Crippen LogP contribution in [0, 0.1) is 5.92 Å². The molecule has 0 radical (unpaired) electrons. The predicted octanol–water partition coefficient (Wildman–Crippen LogP) is 2.50. The zero-order valence-corrected chi connectivity index (χ0v) is 11.1. The van der Waals surface area contributed by atoms with Crippen LogP contribution in [0.25, 0.3) is 11.0 Å². The third-order valence-corrected chi connectivity index (χ3v) is 3.65. The second-order valence-electron chi connectivity index (χ2n) is 5.29. The minimum atomic E-state index is -1.10. The van der Waals surface area contributed by atoms with Crippen LogP contribution < -0.4 is 0 Å².